The van der Waals surface area contributed by atoms with Crippen molar-refractivity contribution >= 4 is 22.9 Å². The number of fused-ring (bicyclic) bond motifs is 1. The normalized spacial score (nSPS) is 11.6. The first-order valence-corrected chi connectivity index (χ1v) is 8.10. The van der Waals surface area contributed by atoms with Crippen molar-refractivity contribution in [1.29, 1.82) is 0 Å². The highest BCUT2D eigenvalue weighted by atomic mass is 16.6. The van der Waals surface area contributed by atoms with E-state index in [2.05, 4.69) is 48.0 Å². The average Bonchev–Trinajstić information content (AvgIpc) is 3.02. The fraction of sp³-hybridized carbons (Fsp3) is 0.190. The molecule has 0 saturated carbocycles. The minimum atomic E-state index is -0.487. The molecule has 1 heterocycles. The predicted octanol–water partition coefficient (Wildman–Crippen LogP) is 4.16. The van der Waals surface area contributed by atoms with Gasteiger partial charge in [0, 0.05) is 18.3 Å². The average molecular weight is 335 g/mol. The van der Waals surface area contributed by atoms with E-state index in [1.165, 1.54) is 30.7 Å². The number of aryl methyl sites for hydroxylation is 1. The highest BCUT2D eigenvalue weighted by molar-refractivity contribution is 5.91. The molecule has 0 saturated heterocycles. The van der Waals surface area contributed by atoms with E-state index in [4.69, 9.17) is 9.47 Å². The third-order valence-electron chi connectivity index (χ3n) is 4.22. The van der Waals surface area contributed by atoms with Crippen molar-refractivity contribution in [3.05, 3.63) is 77.2 Å². The number of benzene rings is 2. The highest BCUT2D eigenvalue weighted by Crippen LogP contribution is 2.21. The van der Waals surface area contributed by atoms with Crippen LogP contribution in [0.1, 0.15) is 16.7 Å². The molecule has 128 valence electrons. The molecule has 1 aromatic heterocycles. The zero-order chi connectivity index (χ0) is 17.8. The summed E-state index contributed by atoms with van der Waals surface area (Å²) in [5, 5.41) is 1.22. The van der Waals surface area contributed by atoms with Crippen LogP contribution in [-0.4, -0.2) is 24.8 Å². The minimum Gasteiger partial charge on any atom is -0.490 e. The van der Waals surface area contributed by atoms with Crippen molar-refractivity contribution < 1.29 is 14.3 Å². The van der Waals surface area contributed by atoms with Crippen LogP contribution in [0.15, 0.2) is 60.5 Å². The fourth-order valence-electron chi connectivity index (χ4n) is 2.90. The fourth-order valence-corrected chi connectivity index (χ4v) is 2.90. The SMILES string of the molecule is COC(=O)C(=Cc1ccccc1Cn1ccc2cc(C)ccc21)OC. The predicted molar refractivity (Wildman–Crippen MR) is 99.2 cm³/mol. The molecule has 2 aromatic carbocycles. The lowest BCUT2D eigenvalue weighted by Crippen LogP contribution is -2.07. The molecule has 0 bridgehead atoms. The maximum absolute atomic E-state index is 11.8. The smallest absolute Gasteiger partial charge is 0.373 e. The van der Waals surface area contributed by atoms with Crippen molar-refractivity contribution in [2.45, 2.75) is 13.5 Å². The summed E-state index contributed by atoms with van der Waals surface area (Å²) in [5.41, 5.74) is 4.46. The maximum Gasteiger partial charge on any atom is 0.373 e. The molecule has 0 fully saturated rings. The molecule has 4 heteroatoms. The molecule has 0 aliphatic carbocycles. The Morgan fingerprint density at radius 1 is 1.08 bits per heavy atom. The zero-order valence-electron chi connectivity index (χ0n) is 14.7. The van der Waals surface area contributed by atoms with Gasteiger partial charge < -0.3 is 14.0 Å². The number of methoxy groups -OCH3 is 2. The lowest BCUT2D eigenvalue weighted by molar-refractivity contribution is -0.139. The summed E-state index contributed by atoms with van der Waals surface area (Å²) in [6.07, 6.45) is 3.80. The summed E-state index contributed by atoms with van der Waals surface area (Å²) in [5.74, 6) is -0.304. The molecular formula is C21H21NO3. The Kier molecular flexibility index (Phi) is 4.89. The van der Waals surface area contributed by atoms with Crippen molar-refractivity contribution in [3.63, 3.8) is 0 Å². The number of ether oxygens (including phenoxy) is 2. The number of aromatic nitrogens is 1. The van der Waals surface area contributed by atoms with E-state index in [1.807, 2.05) is 18.2 Å². The van der Waals surface area contributed by atoms with Crippen molar-refractivity contribution in [1.82, 2.24) is 4.57 Å². The number of hydrogen-bond acceptors (Lipinski definition) is 3. The number of nitrogens with zero attached hydrogens (tertiary/aromatic N) is 1. The Labute approximate surface area is 147 Å². The molecule has 3 rings (SSSR count). The van der Waals surface area contributed by atoms with Crippen LogP contribution in [-0.2, 0) is 20.8 Å². The van der Waals surface area contributed by atoms with Crippen LogP contribution in [0.2, 0.25) is 0 Å². The number of hydrogen-bond donors (Lipinski definition) is 0. The van der Waals surface area contributed by atoms with E-state index in [0.29, 0.717) is 6.54 Å². The molecule has 3 aromatic rings. The molecular weight excluding hydrogens is 314 g/mol. The first-order valence-electron chi connectivity index (χ1n) is 8.10. The summed E-state index contributed by atoms with van der Waals surface area (Å²) in [6.45, 7) is 2.80. The Morgan fingerprint density at radius 2 is 1.88 bits per heavy atom. The van der Waals surface area contributed by atoms with E-state index in [0.717, 1.165) is 11.1 Å². The minimum absolute atomic E-state index is 0.183. The van der Waals surface area contributed by atoms with Gasteiger partial charge in [-0.25, -0.2) is 4.79 Å². The second-order valence-electron chi connectivity index (χ2n) is 5.91. The van der Waals surface area contributed by atoms with E-state index >= 15 is 0 Å². The molecule has 0 amide bonds. The van der Waals surface area contributed by atoms with Gasteiger partial charge in [0.2, 0.25) is 5.76 Å². The second kappa shape index (κ2) is 7.26. The molecule has 0 spiro atoms. The van der Waals surface area contributed by atoms with Crippen LogP contribution < -0.4 is 0 Å². The van der Waals surface area contributed by atoms with E-state index < -0.39 is 5.97 Å². The molecule has 0 aliphatic heterocycles. The van der Waals surface area contributed by atoms with Gasteiger partial charge in [-0.2, -0.15) is 0 Å². The van der Waals surface area contributed by atoms with E-state index in [1.54, 1.807) is 6.08 Å². The maximum atomic E-state index is 11.8. The first-order chi connectivity index (χ1) is 12.1. The van der Waals surface area contributed by atoms with Gasteiger partial charge in [0.25, 0.3) is 0 Å². The third-order valence-corrected chi connectivity index (χ3v) is 4.22. The first kappa shape index (κ1) is 16.8. The van der Waals surface area contributed by atoms with E-state index in [-0.39, 0.29) is 5.76 Å². The molecule has 25 heavy (non-hydrogen) atoms. The van der Waals surface area contributed by atoms with Gasteiger partial charge in [-0.1, -0.05) is 35.9 Å². The number of rotatable bonds is 5. The number of esters is 1. The van der Waals surface area contributed by atoms with Gasteiger partial charge in [0.15, 0.2) is 0 Å². The summed E-state index contributed by atoms with van der Waals surface area (Å²) in [7, 11) is 2.81. The monoisotopic (exact) mass is 335 g/mol. The van der Waals surface area contributed by atoms with Crippen molar-refractivity contribution in [2.24, 2.45) is 0 Å². The van der Waals surface area contributed by atoms with Gasteiger partial charge in [0.1, 0.15) is 0 Å². The zero-order valence-corrected chi connectivity index (χ0v) is 14.7. The molecule has 0 unspecified atom stereocenters. The molecule has 4 nitrogen and oxygen atoms in total. The largest absolute Gasteiger partial charge is 0.490 e. The highest BCUT2D eigenvalue weighted by Gasteiger charge is 2.11. The third kappa shape index (κ3) is 3.58. The van der Waals surface area contributed by atoms with E-state index in [9.17, 15) is 4.79 Å². The van der Waals surface area contributed by atoms with Gasteiger partial charge in [0.05, 0.1) is 14.2 Å². The second-order valence-corrected chi connectivity index (χ2v) is 5.91. The molecule has 0 atom stereocenters. The van der Waals surface area contributed by atoms with Gasteiger partial charge in [-0.05, 0) is 47.7 Å². The standard InChI is InChI=1S/C21H21NO3/c1-15-8-9-19-17(12-15)10-11-22(19)14-18-7-5-4-6-16(18)13-20(24-2)21(23)25-3/h4-13H,14H2,1-3H3. The van der Waals surface area contributed by atoms with Gasteiger partial charge in [-0.15, -0.1) is 0 Å². The Bertz CT molecular complexity index is 937. The lowest BCUT2D eigenvalue weighted by atomic mass is 10.1. The Hall–Kier alpha value is -3.01. The number of carbonyl (C=O) groups excluding carboxylic acids is 1. The summed E-state index contributed by atoms with van der Waals surface area (Å²) < 4.78 is 12.1. The topological polar surface area (TPSA) is 40.5 Å². The van der Waals surface area contributed by atoms with Crippen molar-refractivity contribution in [3.8, 4) is 0 Å². The van der Waals surface area contributed by atoms with Crippen LogP contribution in [0.3, 0.4) is 0 Å². The molecule has 0 radical (unpaired) electrons. The van der Waals surface area contributed by atoms with Crippen molar-refractivity contribution in [2.75, 3.05) is 14.2 Å². The molecule has 0 aliphatic rings. The summed E-state index contributed by atoms with van der Waals surface area (Å²) in [4.78, 5) is 11.8. The van der Waals surface area contributed by atoms with Crippen LogP contribution >= 0.6 is 0 Å². The number of carbonyl (C=O) groups is 1. The lowest BCUT2D eigenvalue weighted by Gasteiger charge is -2.10. The summed E-state index contributed by atoms with van der Waals surface area (Å²) in [6, 6.07) is 16.5. The summed E-state index contributed by atoms with van der Waals surface area (Å²) >= 11 is 0. The molecule has 0 N–H and O–H groups in total. The van der Waals surface area contributed by atoms with Crippen LogP contribution in [0.5, 0.6) is 0 Å². The van der Waals surface area contributed by atoms with Gasteiger partial charge in [-0.3, -0.25) is 0 Å². The Morgan fingerprint density at radius 3 is 2.64 bits per heavy atom. The quantitative estimate of drug-likeness (QED) is 0.399. The van der Waals surface area contributed by atoms with Crippen LogP contribution in [0.4, 0.5) is 0 Å². The Balaban J connectivity index is 1.98. The van der Waals surface area contributed by atoms with Gasteiger partial charge >= 0.3 is 5.97 Å². The van der Waals surface area contributed by atoms with Crippen LogP contribution in [0.25, 0.3) is 17.0 Å². The van der Waals surface area contributed by atoms with Crippen LogP contribution in [0, 0.1) is 6.92 Å².